The summed E-state index contributed by atoms with van der Waals surface area (Å²) in [6, 6.07) is 19.8. The highest BCUT2D eigenvalue weighted by Crippen LogP contribution is 2.33. The molecule has 0 unspecified atom stereocenters. The van der Waals surface area contributed by atoms with Crippen LogP contribution in [0.5, 0.6) is 11.5 Å². The van der Waals surface area contributed by atoms with Crippen molar-refractivity contribution < 1.29 is 9.47 Å². The SMILES string of the molecule is COc1ccccc1CNCc1cc(Cl)cc(Cl)c1OCc1ccc(C)cc1. The Balaban J connectivity index is 1.70. The van der Waals surface area contributed by atoms with Crippen LogP contribution in [0.3, 0.4) is 0 Å². The van der Waals surface area contributed by atoms with E-state index in [4.69, 9.17) is 32.7 Å². The van der Waals surface area contributed by atoms with Crippen molar-refractivity contribution >= 4 is 23.2 Å². The molecule has 0 aromatic heterocycles. The number of hydrogen-bond acceptors (Lipinski definition) is 3. The number of rotatable bonds is 8. The second-order valence-electron chi connectivity index (χ2n) is 6.57. The Kier molecular flexibility index (Phi) is 7.21. The van der Waals surface area contributed by atoms with Gasteiger partial charge in [0, 0.05) is 29.2 Å². The summed E-state index contributed by atoms with van der Waals surface area (Å²) in [6.45, 7) is 3.74. The molecule has 5 heteroatoms. The fraction of sp³-hybridized carbons (Fsp3) is 0.217. The van der Waals surface area contributed by atoms with E-state index in [1.807, 2.05) is 30.3 Å². The molecule has 3 aromatic rings. The van der Waals surface area contributed by atoms with Gasteiger partial charge in [-0.2, -0.15) is 0 Å². The third-order valence-electron chi connectivity index (χ3n) is 4.41. The molecule has 0 saturated carbocycles. The van der Waals surface area contributed by atoms with Gasteiger partial charge in [-0.25, -0.2) is 0 Å². The molecule has 0 amide bonds. The molecular weight excluding hydrogens is 393 g/mol. The Bertz CT molecular complexity index is 926. The third kappa shape index (κ3) is 5.41. The van der Waals surface area contributed by atoms with Crippen LogP contribution in [-0.2, 0) is 19.7 Å². The second kappa shape index (κ2) is 9.83. The zero-order valence-corrected chi connectivity index (χ0v) is 17.5. The average molecular weight is 416 g/mol. The molecule has 0 bridgehead atoms. The van der Waals surface area contributed by atoms with Crippen molar-refractivity contribution in [3.63, 3.8) is 0 Å². The van der Waals surface area contributed by atoms with Crippen LogP contribution in [0.15, 0.2) is 60.7 Å². The van der Waals surface area contributed by atoms with E-state index < -0.39 is 0 Å². The van der Waals surface area contributed by atoms with Gasteiger partial charge >= 0.3 is 0 Å². The summed E-state index contributed by atoms with van der Waals surface area (Å²) < 4.78 is 11.4. The molecule has 0 aliphatic rings. The van der Waals surface area contributed by atoms with E-state index in [1.165, 1.54) is 5.56 Å². The first-order valence-electron chi connectivity index (χ1n) is 9.05. The fourth-order valence-electron chi connectivity index (χ4n) is 2.93. The van der Waals surface area contributed by atoms with E-state index in [0.717, 1.165) is 22.4 Å². The quantitative estimate of drug-likeness (QED) is 0.476. The van der Waals surface area contributed by atoms with Crippen molar-refractivity contribution in [1.82, 2.24) is 5.32 Å². The lowest BCUT2D eigenvalue weighted by Gasteiger charge is -2.15. The molecule has 0 aliphatic heterocycles. The highest BCUT2D eigenvalue weighted by molar-refractivity contribution is 6.35. The maximum Gasteiger partial charge on any atom is 0.142 e. The molecule has 0 atom stereocenters. The molecule has 3 rings (SSSR count). The van der Waals surface area contributed by atoms with Crippen molar-refractivity contribution in [2.45, 2.75) is 26.6 Å². The number of methoxy groups -OCH3 is 1. The molecule has 0 aliphatic carbocycles. The molecule has 0 radical (unpaired) electrons. The summed E-state index contributed by atoms with van der Waals surface area (Å²) in [4.78, 5) is 0. The first-order valence-corrected chi connectivity index (χ1v) is 9.81. The number of aryl methyl sites for hydroxylation is 1. The summed E-state index contributed by atoms with van der Waals surface area (Å²) in [5.74, 6) is 1.51. The molecule has 1 N–H and O–H groups in total. The lowest BCUT2D eigenvalue weighted by Crippen LogP contribution is -2.14. The van der Waals surface area contributed by atoms with Gasteiger partial charge in [-0.3, -0.25) is 0 Å². The average Bonchev–Trinajstić information content (AvgIpc) is 2.69. The number of para-hydroxylation sites is 1. The first-order chi connectivity index (χ1) is 13.6. The van der Waals surface area contributed by atoms with Gasteiger partial charge in [-0.15, -0.1) is 0 Å². The molecule has 28 heavy (non-hydrogen) atoms. The minimum absolute atomic E-state index is 0.446. The predicted octanol–water partition coefficient (Wildman–Crippen LogP) is 6.18. The van der Waals surface area contributed by atoms with E-state index in [1.54, 1.807) is 13.2 Å². The van der Waals surface area contributed by atoms with E-state index >= 15 is 0 Å². The summed E-state index contributed by atoms with van der Waals surface area (Å²) in [5, 5.41) is 4.51. The molecule has 3 nitrogen and oxygen atoms in total. The lowest BCUT2D eigenvalue weighted by molar-refractivity contribution is 0.302. The minimum atomic E-state index is 0.446. The molecule has 0 saturated heterocycles. The number of nitrogens with one attached hydrogen (secondary N) is 1. The van der Waals surface area contributed by atoms with Crippen LogP contribution in [0.2, 0.25) is 10.0 Å². The zero-order valence-electron chi connectivity index (χ0n) is 16.0. The number of ether oxygens (including phenoxy) is 2. The van der Waals surface area contributed by atoms with Gasteiger partial charge in [0.05, 0.1) is 12.1 Å². The highest BCUT2D eigenvalue weighted by atomic mass is 35.5. The summed E-state index contributed by atoms with van der Waals surface area (Å²) in [6.07, 6.45) is 0. The van der Waals surface area contributed by atoms with Gasteiger partial charge < -0.3 is 14.8 Å². The number of hydrogen-bond donors (Lipinski definition) is 1. The molecule has 0 spiro atoms. The monoisotopic (exact) mass is 415 g/mol. The van der Waals surface area contributed by atoms with E-state index in [9.17, 15) is 0 Å². The topological polar surface area (TPSA) is 30.5 Å². The van der Waals surface area contributed by atoms with Crippen LogP contribution in [0.4, 0.5) is 0 Å². The van der Waals surface area contributed by atoms with Gasteiger partial charge in [0.25, 0.3) is 0 Å². The molecule has 3 aromatic carbocycles. The third-order valence-corrected chi connectivity index (χ3v) is 4.91. The van der Waals surface area contributed by atoms with E-state index in [0.29, 0.717) is 35.5 Å². The lowest BCUT2D eigenvalue weighted by atomic mass is 10.1. The molecule has 0 heterocycles. The van der Waals surface area contributed by atoms with Gasteiger partial charge in [0.15, 0.2) is 0 Å². The fourth-order valence-corrected chi connectivity index (χ4v) is 3.52. The van der Waals surface area contributed by atoms with Crippen molar-refractivity contribution in [2.75, 3.05) is 7.11 Å². The Labute approximate surface area is 176 Å². The number of halogens is 2. The van der Waals surface area contributed by atoms with Crippen molar-refractivity contribution in [2.24, 2.45) is 0 Å². The Morgan fingerprint density at radius 1 is 0.893 bits per heavy atom. The number of benzene rings is 3. The first kappa shape index (κ1) is 20.5. The summed E-state index contributed by atoms with van der Waals surface area (Å²) in [5.41, 5.74) is 4.30. The standard InChI is InChI=1S/C23H23Cl2NO2/c1-16-7-9-17(10-8-16)15-28-23-19(11-20(24)12-21(23)25)14-26-13-18-5-3-4-6-22(18)27-2/h3-12,26H,13-15H2,1-2H3. The summed E-state index contributed by atoms with van der Waals surface area (Å²) >= 11 is 12.6. The Morgan fingerprint density at radius 2 is 1.61 bits per heavy atom. The maximum absolute atomic E-state index is 6.41. The Hall–Kier alpha value is -2.20. The largest absolute Gasteiger partial charge is 0.496 e. The van der Waals surface area contributed by atoms with Crippen LogP contribution in [0.25, 0.3) is 0 Å². The smallest absolute Gasteiger partial charge is 0.142 e. The second-order valence-corrected chi connectivity index (χ2v) is 7.41. The molecular formula is C23H23Cl2NO2. The summed E-state index contributed by atoms with van der Waals surface area (Å²) in [7, 11) is 1.67. The van der Waals surface area contributed by atoms with Gasteiger partial charge in [-0.1, -0.05) is 71.2 Å². The van der Waals surface area contributed by atoms with Crippen LogP contribution < -0.4 is 14.8 Å². The normalized spacial score (nSPS) is 10.7. The van der Waals surface area contributed by atoms with Gasteiger partial charge in [-0.05, 0) is 30.7 Å². The molecule has 0 fully saturated rings. The van der Waals surface area contributed by atoms with E-state index in [-0.39, 0.29) is 0 Å². The van der Waals surface area contributed by atoms with Crippen LogP contribution in [0, 0.1) is 6.92 Å². The zero-order chi connectivity index (χ0) is 19.9. The van der Waals surface area contributed by atoms with Crippen LogP contribution in [0.1, 0.15) is 22.3 Å². The van der Waals surface area contributed by atoms with Crippen LogP contribution >= 0.6 is 23.2 Å². The van der Waals surface area contributed by atoms with Crippen molar-refractivity contribution in [3.8, 4) is 11.5 Å². The van der Waals surface area contributed by atoms with Gasteiger partial charge in [0.1, 0.15) is 18.1 Å². The maximum atomic E-state index is 6.41. The Morgan fingerprint density at radius 3 is 2.36 bits per heavy atom. The van der Waals surface area contributed by atoms with Gasteiger partial charge in [0.2, 0.25) is 0 Å². The highest BCUT2D eigenvalue weighted by Gasteiger charge is 2.12. The van der Waals surface area contributed by atoms with E-state index in [2.05, 4.69) is 36.5 Å². The minimum Gasteiger partial charge on any atom is -0.496 e. The molecule has 146 valence electrons. The van der Waals surface area contributed by atoms with Crippen molar-refractivity contribution in [3.05, 3.63) is 93.0 Å². The van der Waals surface area contributed by atoms with Crippen molar-refractivity contribution in [1.29, 1.82) is 0 Å². The predicted molar refractivity (Wildman–Crippen MR) is 116 cm³/mol. The van der Waals surface area contributed by atoms with Crippen LogP contribution in [-0.4, -0.2) is 7.11 Å².